The van der Waals surface area contributed by atoms with Crippen molar-refractivity contribution in [2.45, 2.75) is 36.7 Å². The topological polar surface area (TPSA) is 234 Å². The van der Waals surface area contributed by atoms with Crippen LogP contribution in [-0.4, -0.2) is 118 Å². The zero-order chi connectivity index (χ0) is 36.1. The molecule has 2 fully saturated rings. The number of amides is 2. The third-order valence-corrected chi connectivity index (χ3v) is 8.49. The number of nitrogens with zero attached hydrogens (tertiary/aromatic N) is 2. The number of amidine groups is 1. The van der Waals surface area contributed by atoms with Crippen molar-refractivity contribution in [2.75, 3.05) is 49.5 Å². The number of carbonyl (C=O) groups is 2. The van der Waals surface area contributed by atoms with Crippen LogP contribution in [0, 0.1) is 17.0 Å². The average molecular weight is 701 g/mol. The number of phenols is 1. The maximum Gasteiger partial charge on any atom is 0.247 e. The zero-order valence-electron chi connectivity index (χ0n) is 26.6. The van der Waals surface area contributed by atoms with E-state index in [4.69, 9.17) is 20.6 Å². The van der Waals surface area contributed by atoms with Gasteiger partial charge < -0.3 is 61.2 Å². The van der Waals surface area contributed by atoms with Crippen LogP contribution in [0.1, 0.15) is 17.2 Å². The molecule has 2 heterocycles. The lowest BCUT2D eigenvalue weighted by Crippen LogP contribution is -2.60. The maximum atomic E-state index is 14.3. The van der Waals surface area contributed by atoms with Crippen LogP contribution in [0.15, 0.2) is 60.7 Å². The molecule has 0 saturated carbocycles. The first kappa shape index (κ1) is 36.2. The number of aromatic hydroxyl groups is 1. The van der Waals surface area contributed by atoms with E-state index >= 15 is 0 Å². The number of anilines is 2. The van der Waals surface area contributed by atoms with E-state index in [9.17, 15) is 43.9 Å². The van der Waals surface area contributed by atoms with Crippen LogP contribution in [0.4, 0.5) is 20.2 Å². The molecule has 0 aliphatic carbocycles. The van der Waals surface area contributed by atoms with Crippen molar-refractivity contribution in [1.29, 1.82) is 5.41 Å². The molecular formula is C33H38F2N6O9. The number of phenolic OH excluding ortho intramolecular Hbond substituents is 1. The monoisotopic (exact) mass is 700 g/mol. The second-order valence-electron chi connectivity index (χ2n) is 11.8. The number of carbonyl (C=O) groups excluding carboxylic acids is 2. The minimum Gasteiger partial charge on any atom is -0.506 e. The molecule has 2 aliphatic rings. The highest BCUT2D eigenvalue weighted by atomic mass is 19.1. The summed E-state index contributed by atoms with van der Waals surface area (Å²) in [6, 6.07) is 11.9. The summed E-state index contributed by atoms with van der Waals surface area (Å²) < 4.78 is 39.0. The first-order chi connectivity index (χ1) is 23.9. The summed E-state index contributed by atoms with van der Waals surface area (Å²) in [6.45, 7) is -0.209. The molecule has 6 unspecified atom stereocenters. The highest BCUT2D eigenvalue weighted by molar-refractivity contribution is 5.97. The van der Waals surface area contributed by atoms with Crippen molar-refractivity contribution in [3.8, 4) is 11.5 Å². The van der Waals surface area contributed by atoms with Gasteiger partial charge in [0.1, 0.15) is 59.4 Å². The van der Waals surface area contributed by atoms with Gasteiger partial charge in [-0.15, -0.1) is 0 Å². The number of rotatable bonds is 11. The van der Waals surface area contributed by atoms with Gasteiger partial charge in [0.05, 0.1) is 24.5 Å². The lowest BCUT2D eigenvalue weighted by atomic mass is 9.99. The lowest BCUT2D eigenvalue weighted by Gasteiger charge is -2.40. The number of benzene rings is 3. The van der Waals surface area contributed by atoms with E-state index < -0.39 is 73.3 Å². The Kier molecular flexibility index (Phi) is 11.3. The predicted molar refractivity (Wildman–Crippen MR) is 174 cm³/mol. The maximum absolute atomic E-state index is 14.3. The van der Waals surface area contributed by atoms with E-state index in [0.717, 1.165) is 12.1 Å². The first-order valence-corrected chi connectivity index (χ1v) is 15.6. The average Bonchev–Trinajstić information content (AvgIpc) is 3.10. The molecule has 5 rings (SSSR count). The molecule has 15 nitrogen and oxygen atoms in total. The van der Waals surface area contributed by atoms with Crippen LogP contribution in [0.25, 0.3) is 0 Å². The van der Waals surface area contributed by atoms with E-state index in [1.165, 1.54) is 41.3 Å². The Bertz CT molecular complexity index is 1710. The summed E-state index contributed by atoms with van der Waals surface area (Å²) in [7, 11) is 0. The number of piperazine rings is 1. The Hall–Kier alpha value is -5.07. The van der Waals surface area contributed by atoms with Gasteiger partial charge in [-0.2, -0.15) is 0 Å². The van der Waals surface area contributed by atoms with Gasteiger partial charge in [0.2, 0.25) is 18.1 Å². The van der Waals surface area contributed by atoms with Crippen molar-refractivity contribution < 1.29 is 53.4 Å². The van der Waals surface area contributed by atoms with Gasteiger partial charge in [0.25, 0.3) is 0 Å². The Morgan fingerprint density at radius 3 is 2.40 bits per heavy atom. The molecule has 0 aromatic heterocycles. The molecule has 50 heavy (non-hydrogen) atoms. The number of aliphatic hydroxyl groups is 4. The predicted octanol–water partition coefficient (Wildman–Crippen LogP) is -0.249. The summed E-state index contributed by atoms with van der Waals surface area (Å²) in [6.07, 6.45) is -7.98. The van der Waals surface area contributed by atoms with Crippen LogP contribution in [-0.2, 0) is 14.3 Å². The zero-order valence-corrected chi connectivity index (χ0v) is 26.6. The molecular weight excluding hydrogens is 662 g/mol. The van der Waals surface area contributed by atoms with Crippen molar-refractivity contribution in [1.82, 2.24) is 10.2 Å². The number of ether oxygens (including phenoxy) is 2. The minimum absolute atomic E-state index is 0.00373. The van der Waals surface area contributed by atoms with E-state index in [0.29, 0.717) is 0 Å². The van der Waals surface area contributed by atoms with Crippen molar-refractivity contribution in [3.63, 3.8) is 0 Å². The number of nitrogens with one attached hydrogen (secondary N) is 3. The fraction of sp³-hybridized carbons (Fsp3) is 0.364. The van der Waals surface area contributed by atoms with E-state index in [-0.39, 0.29) is 66.0 Å². The smallest absolute Gasteiger partial charge is 0.247 e. The Morgan fingerprint density at radius 1 is 1.00 bits per heavy atom. The number of hydrogen-bond donors (Lipinski definition) is 9. The summed E-state index contributed by atoms with van der Waals surface area (Å²) in [4.78, 5) is 30.2. The number of halogens is 2. The van der Waals surface area contributed by atoms with Gasteiger partial charge in [-0.3, -0.25) is 15.0 Å². The standard InChI is InChI=1S/C33H38F2N6O9/c34-18-6-7-22(20(35)14-18)40-9-11-41(12-10-40)26(44)15-38-32(48)27(39-21-13-17(31(36)37)5-8-23(21)43)19-3-1-2-4-24(19)49-33-30(47)29(46)28(45)25(16-42)50-33/h1-8,13-14,25,27-30,33,39,42-43,45-47H,9-12,15-16H2,(H3,36,37)(H,38,48). The van der Waals surface area contributed by atoms with Crippen LogP contribution in [0.3, 0.4) is 0 Å². The number of aliphatic hydroxyl groups excluding tert-OH is 4. The van der Waals surface area contributed by atoms with Gasteiger partial charge in [0, 0.05) is 43.4 Å². The van der Waals surface area contributed by atoms with Crippen LogP contribution in [0.2, 0.25) is 0 Å². The number of nitrogens with two attached hydrogens (primary N) is 1. The minimum atomic E-state index is -1.75. The number of nitrogen functional groups attached to an aromatic ring is 1. The van der Waals surface area contributed by atoms with Crippen LogP contribution >= 0.6 is 0 Å². The molecule has 10 N–H and O–H groups in total. The quantitative estimate of drug-likeness (QED) is 0.0716. The second kappa shape index (κ2) is 15.6. The van der Waals surface area contributed by atoms with Crippen molar-refractivity contribution >= 4 is 29.0 Å². The summed E-state index contributed by atoms with van der Waals surface area (Å²) in [5, 5.41) is 64.5. The van der Waals surface area contributed by atoms with Crippen molar-refractivity contribution in [2.24, 2.45) is 5.73 Å². The molecule has 3 aromatic rings. The van der Waals surface area contributed by atoms with Crippen LogP contribution in [0.5, 0.6) is 11.5 Å². The van der Waals surface area contributed by atoms with Gasteiger partial charge in [-0.1, -0.05) is 18.2 Å². The molecule has 17 heteroatoms. The van der Waals surface area contributed by atoms with E-state index in [1.807, 2.05) is 0 Å². The van der Waals surface area contributed by atoms with Crippen molar-refractivity contribution in [3.05, 3.63) is 83.4 Å². The van der Waals surface area contributed by atoms with E-state index in [2.05, 4.69) is 10.6 Å². The Labute approximate surface area is 285 Å². The van der Waals surface area contributed by atoms with Gasteiger partial charge in [0.15, 0.2) is 0 Å². The third kappa shape index (κ3) is 8.03. The molecule has 0 spiro atoms. The van der Waals surface area contributed by atoms with Gasteiger partial charge >= 0.3 is 0 Å². The largest absolute Gasteiger partial charge is 0.506 e. The molecule has 6 atom stereocenters. The lowest BCUT2D eigenvalue weighted by molar-refractivity contribution is -0.277. The van der Waals surface area contributed by atoms with Gasteiger partial charge in [-0.25, -0.2) is 8.78 Å². The molecule has 2 aliphatic heterocycles. The van der Waals surface area contributed by atoms with Crippen LogP contribution < -0.4 is 26.0 Å². The number of hydrogen-bond acceptors (Lipinski definition) is 12. The summed E-state index contributed by atoms with van der Waals surface area (Å²) >= 11 is 0. The fourth-order valence-electron chi connectivity index (χ4n) is 5.69. The number of para-hydroxylation sites is 1. The van der Waals surface area contributed by atoms with E-state index in [1.54, 1.807) is 17.0 Å². The highest BCUT2D eigenvalue weighted by Gasteiger charge is 2.45. The normalized spacial score (nSPS) is 22.8. The third-order valence-electron chi connectivity index (χ3n) is 8.49. The fourth-order valence-corrected chi connectivity index (χ4v) is 5.69. The summed E-state index contributed by atoms with van der Waals surface area (Å²) in [5.74, 6) is -3.27. The molecule has 2 amide bonds. The Morgan fingerprint density at radius 2 is 1.72 bits per heavy atom. The molecule has 0 bridgehead atoms. The molecule has 0 radical (unpaired) electrons. The first-order valence-electron chi connectivity index (χ1n) is 15.6. The Balaban J connectivity index is 1.35. The second-order valence-corrected chi connectivity index (χ2v) is 11.8. The van der Waals surface area contributed by atoms with Gasteiger partial charge in [-0.05, 0) is 36.4 Å². The summed E-state index contributed by atoms with van der Waals surface area (Å²) in [5.41, 5.74) is 6.18. The molecule has 3 aromatic carbocycles. The highest BCUT2D eigenvalue weighted by Crippen LogP contribution is 2.34. The SMILES string of the molecule is N=C(N)c1ccc(O)c(NC(C(=O)NCC(=O)N2CCN(c3ccc(F)cc3F)CC2)c2ccccc2OC2OC(CO)C(O)C(O)C2O)c1. The molecule has 268 valence electrons. The molecule has 2 saturated heterocycles.